The largest absolute Gasteiger partial charge is 0.372 e. The van der Waals surface area contributed by atoms with Gasteiger partial charge in [0.15, 0.2) is 6.29 Å². The summed E-state index contributed by atoms with van der Waals surface area (Å²) in [6.07, 6.45) is 3.51. The number of rotatable bonds is 4. The van der Waals surface area contributed by atoms with Gasteiger partial charge in [-0.25, -0.2) is 0 Å². The summed E-state index contributed by atoms with van der Waals surface area (Å²) in [5, 5.41) is 2.05. The lowest BCUT2D eigenvalue weighted by Crippen LogP contribution is -2.36. The molecule has 1 atom stereocenters. The third-order valence-electron chi connectivity index (χ3n) is 3.32. The molecular weight excluding hydrogens is 220 g/mol. The van der Waals surface area contributed by atoms with Crippen LogP contribution in [0.3, 0.4) is 0 Å². The molecule has 1 aromatic heterocycles. The minimum absolute atomic E-state index is 0.657. The van der Waals surface area contributed by atoms with Crippen LogP contribution in [-0.4, -0.2) is 44.4 Å². The van der Waals surface area contributed by atoms with Crippen LogP contribution in [0.2, 0.25) is 0 Å². The molecule has 3 nitrogen and oxygen atoms in total. The van der Waals surface area contributed by atoms with Crippen LogP contribution in [0.4, 0.5) is 5.69 Å². The summed E-state index contributed by atoms with van der Waals surface area (Å²) in [4.78, 5) is 16.1. The molecule has 1 aliphatic heterocycles. The van der Waals surface area contributed by atoms with Crippen LogP contribution in [-0.2, 0) is 0 Å². The second kappa shape index (κ2) is 4.97. The molecule has 2 heterocycles. The van der Waals surface area contributed by atoms with Gasteiger partial charge in [0.05, 0.1) is 4.88 Å². The Morgan fingerprint density at radius 2 is 2.50 bits per heavy atom. The van der Waals surface area contributed by atoms with Crippen molar-refractivity contribution >= 4 is 23.3 Å². The van der Waals surface area contributed by atoms with E-state index in [-0.39, 0.29) is 0 Å². The van der Waals surface area contributed by atoms with Crippen LogP contribution in [0, 0.1) is 0 Å². The van der Waals surface area contributed by atoms with Gasteiger partial charge in [-0.3, -0.25) is 4.79 Å². The monoisotopic (exact) mass is 238 g/mol. The Labute approximate surface area is 101 Å². The van der Waals surface area contributed by atoms with E-state index in [0.717, 1.165) is 23.4 Å². The Morgan fingerprint density at radius 1 is 1.69 bits per heavy atom. The van der Waals surface area contributed by atoms with E-state index in [1.165, 1.54) is 30.7 Å². The first-order valence-corrected chi connectivity index (χ1v) is 6.54. The van der Waals surface area contributed by atoms with Crippen molar-refractivity contribution in [1.82, 2.24) is 4.90 Å². The average molecular weight is 238 g/mol. The summed E-state index contributed by atoms with van der Waals surface area (Å²) in [6.45, 7) is 2.26. The molecule has 1 aromatic rings. The topological polar surface area (TPSA) is 23.6 Å². The Bertz CT molecular complexity index is 364. The van der Waals surface area contributed by atoms with Gasteiger partial charge in [-0.15, -0.1) is 11.3 Å². The first-order valence-electron chi connectivity index (χ1n) is 5.66. The highest BCUT2D eigenvalue weighted by atomic mass is 32.1. The maximum atomic E-state index is 10.6. The first kappa shape index (κ1) is 11.6. The van der Waals surface area contributed by atoms with Crippen LogP contribution in [0.15, 0.2) is 11.4 Å². The number of anilines is 1. The Kier molecular flexibility index (Phi) is 3.61. The molecule has 88 valence electrons. The number of aldehydes is 1. The highest BCUT2D eigenvalue weighted by Gasteiger charge is 2.22. The molecule has 2 rings (SSSR count). The highest BCUT2D eigenvalue weighted by molar-refractivity contribution is 7.12. The molecule has 1 unspecified atom stereocenters. The number of carbonyl (C=O) groups is 1. The fourth-order valence-electron chi connectivity index (χ4n) is 2.24. The lowest BCUT2D eigenvalue weighted by atomic mass is 10.2. The minimum atomic E-state index is 0.657. The zero-order valence-electron chi connectivity index (χ0n) is 9.85. The van der Waals surface area contributed by atoms with Crippen molar-refractivity contribution in [3.63, 3.8) is 0 Å². The number of hydrogen-bond donors (Lipinski definition) is 0. The fraction of sp³-hybridized carbons (Fsp3) is 0.583. The van der Waals surface area contributed by atoms with Crippen molar-refractivity contribution in [3.05, 3.63) is 16.3 Å². The van der Waals surface area contributed by atoms with Gasteiger partial charge < -0.3 is 9.80 Å². The van der Waals surface area contributed by atoms with Gasteiger partial charge in [-0.1, -0.05) is 0 Å². The Morgan fingerprint density at radius 3 is 3.06 bits per heavy atom. The van der Waals surface area contributed by atoms with E-state index in [1.807, 2.05) is 6.07 Å². The van der Waals surface area contributed by atoms with Crippen LogP contribution in [0.25, 0.3) is 0 Å². The van der Waals surface area contributed by atoms with Gasteiger partial charge in [0.2, 0.25) is 0 Å². The van der Waals surface area contributed by atoms with Crippen molar-refractivity contribution in [2.75, 3.05) is 32.1 Å². The Hall–Kier alpha value is -0.870. The van der Waals surface area contributed by atoms with Gasteiger partial charge in [0.25, 0.3) is 0 Å². The van der Waals surface area contributed by atoms with Crippen LogP contribution < -0.4 is 4.90 Å². The quantitative estimate of drug-likeness (QED) is 0.750. The zero-order chi connectivity index (χ0) is 11.5. The number of thiophene rings is 1. The minimum Gasteiger partial charge on any atom is -0.372 e. The molecule has 0 bridgehead atoms. The summed E-state index contributed by atoms with van der Waals surface area (Å²) in [7, 11) is 4.29. The predicted molar refractivity (Wildman–Crippen MR) is 68.6 cm³/mol. The predicted octanol–water partition coefficient (Wildman–Crippen LogP) is 2.09. The van der Waals surface area contributed by atoms with Crippen molar-refractivity contribution in [2.24, 2.45) is 0 Å². The second-order valence-electron chi connectivity index (χ2n) is 4.48. The number of likely N-dealkylation sites (N-methyl/N-ethyl adjacent to an activating group) is 2. The Balaban J connectivity index is 1.96. The summed E-state index contributed by atoms with van der Waals surface area (Å²) in [5.41, 5.74) is 1.16. The van der Waals surface area contributed by atoms with E-state index in [4.69, 9.17) is 0 Å². The molecule has 0 spiro atoms. The highest BCUT2D eigenvalue weighted by Crippen LogP contribution is 2.23. The van der Waals surface area contributed by atoms with Gasteiger partial charge in [-0.2, -0.15) is 0 Å². The van der Waals surface area contributed by atoms with E-state index in [9.17, 15) is 4.79 Å². The van der Waals surface area contributed by atoms with Gasteiger partial charge in [-0.05, 0) is 32.5 Å². The molecule has 0 aliphatic carbocycles. The fourth-order valence-corrected chi connectivity index (χ4v) is 2.98. The molecule has 1 aliphatic rings. The van der Waals surface area contributed by atoms with E-state index in [0.29, 0.717) is 6.04 Å². The molecule has 4 heteroatoms. The molecule has 0 amide bonds. The zero-order valence-corrected chi connectivity index (χ0v) is 10.7. The van der Waals surface area contributed by atoms with E-state index in [2.05, 4.69) is 29.3 Å². The molecule has 16 heavy (non-hydrogen) atoms. The van der Waals surface area contributed by atoms with Gasteiger partial charge in [0.1, 0.15) is 0 Å². The van der Waals surface area contributed by atoms with E-state index >= 15 is 0 Å². The maximum absolute atomic E-state index is 10.6. The number of hydrogen-bond acceptors (Lipinski definition) is 4. The number of nitrogens with zero attached hydrogens (tertiary/aromatic N) is 2. The molecule has 0 N–H and O–H groups in total. The van der Waals surface area contributed by atoms with Crippen molar-refractivity contribution in [2.45, 2.75) is 18.9 Å². The molecule has 0 saturated carbocycles. The normalized spacial score (nSPS) is 21.2. The average Bonchev–Trinajstić information content (AvgIpc) is 2.88. The third-order valence-corrected chi connectivity index (χ3v) is 4.16. The van der Waals surface area contributed by atoms with Crippen LogP contribution in [0.1, 0.15) is 22.5 Å². The lowest BCUT2D eigenvalue weighted by Gasteiger charge is -2.26. The smallest absolute Gasteiger partial charge is 0.160 e. The van der Waals surface area contributed by atoms with Crippen molar-refractivity contribution in [1.29, 1.82) is 0 Å². The molecule has 1 fully saturated rings. The third kappa shape index (κ3) is 2.44. The van der Waals surface area contributed by atoms with E-state index < -0.39 is 0 Å². The summed E-state index contributed by atoms with van der Waals surface area (Å²) >= 11 is 1.51. The van der Waals surface area contributed by atoms with Crippen LogP contribution >= 0.6 is 11.3 Å². The summed E-state index contributed by atoms with van der Waals surface area (Å²) in [5.74, 6) is 0. The lowest BCUT2D eigenvalue weighted by molar-refractivity contribution is 0.112. The van der Waals surface area contributed by atoms with Crippen molar-refractivity contribution in [3.8, 4) is 0 Å². The summed E-state index contributed by atoms with van der Waals surface area (Å²) < 4.78 is 0. The first-order chi connectivity index (χ1) is 7.70. The molecule has 0 aromatic carbocycles. The number of carbonyl (C=O) groups excluding carboxylic acids is 1. The van der Waals surface area contributed by atoms with E-state index in [1.54, 1.807) is 0 Å². The molecule has 0 radical (unpaired) electrons. The second-order valence-corrected chi connectivity index (χ2v) is 5.43. The SMILES string of the molecule is CN(CC1CCCN1C)c1csc(C=O)c1. The van der Waals surface area contributed by atoms with Gasteiger partial charge >= 0.3 is 0 Å². The number of likely N-dealkylation sites (tertiary alicyclic amines) is 1. The van der Waals surface area contributed by atoms with Crippen LogP contribution in [0.5, 0.6) is 0 Å². The van der Waals surface area contributed by atoms with Gasteiger partial charge in [0, 0.05) is 30.7 Å². The standard InChI is InChI=1S/C12H18N2OS/c1-13-5-3-4-10(13)7-14(2)11-6-12(8-15)16-9-11/h6,8-10H,3-5,7H2,1-2H3. The molecular formula is C12H18N2OS. The molecule has 1 saturated heterocycles. The summed E-state index contributed by atoms with van der Waals surface area (Å²) in [6, 6.07) is 2.62. The van der Waals surface area contributed by atoms with Crippen molar-refractivity contribution < 1.29 is 4.79 Å². The maximum Gasteiger partial charge on any atom is 0.160 e.